The number of imidazole rings is 1. The molecule has 0 radical (unpaired) electrons. The second-order valence-electron chi connectivity index (χ2n) is 9.54. The summed E-state index contributed by atoms with van der Waals surface area (Å²) >= 11 is 0. The van der Waals surface area contributed by atoms with E-state index in [1.165, 1.54) is 12.1 Å². The van der Waals surface area contributed by atoms with Crippen molar-refractivity contribution >= 4 is 11.9 Å². The Balaban J connectivity index is 1.39. The van der Waals surface area contributed by atoms with Gasteiger partial charge in [-0.2, -0.15) is 0 Å². The number of rotatable bonds is 8. The van der Waals surface area contributed by atoms with Gasteiger partial charge in [0.1, 0.15) is 5.82 Å². The molecule has 2 fully saturated rings. The van der Waals surface area contributed by atoms with Crippen LogP contribution in [0.3, 0.4) is 0 Å². The normalized spacial score (nSPS) is 21.9. The number of amides is 1. The van der Waals surface area contributed by atoms with Gasteiger partial charge in [0, 0.05) is 38.0 Å². The zero-order valence-electron chi connectivity index (χ0n) is 21.2. The highest BCUT2D eigenvalue weighted by atomic mass is 19.1. The Morgan fingerprint density at radius 3 is 2.63 bits per heavy atom. The van der Waals surface area contributed by atoms with Crippen molar-refractivity contribution in [3.63, 3.8) is 0 Å². The van der Waals surface area contributed by atoms with E-state index in [2.05, 4.69) is 20.3 Å². The lowest BCUT2D eigenvalue weighted by Crippen LogP contribution is -2.53. The highest BCUT2D eigenvalue weighted by Gasteiger charge is 2.43. The first kappa shape index (κ1) is 26.2. The molecule has 5 rings (SSSR count). The molecule has 0 aliphatic carbocycles. The van der Waals surface area contributed by atoms with Crippen molar-refractivity contribution in [3.05, 3.63) is 48.2 Å². The van der Waals surface area contributed by atoms with E-state index in [0.29, 0.717) is 73.7 Å². The molecule has 0 spiro atoms. The van der Waals surface area contributed by atoms with Gasteiger partial charge in [0.25, 0.3) is 0 Å². The molecule has 0 saturated carbocycles. The van der Waals surface area contributed by atoms with E-state index < -0.39 is 11.7 Å². The molecule has 0 bridgehead atoms. The quantitative estimate of drug-likeness (QED) is 0.378. The van der Waals surface area contributed by atoms with Crippen molar-refractivity contribution in [3.8, 4) is 22.6 Å². The van der Waals surface area contributed by atoms with Gasteiger partial charge in [0.2, 0.25) is 18.1 Å². The Morgan fingerprint density at radius 1 is 1.18 bits per heavy atom. The SMILES string of the molecule is CC1(C(=O)N2CCOCC2)COC(c2nc(-c3ccc(F)cc3)c(-c3ccnc(NCCCO)n3)[nH]2)OC1. The summed E-state index contributed by atoms with van der Waals surface area (Å²) in [6.45, 7) is 4.90. The minimum atomic E-state index is -0.822. The van der Waals surface area contributed by atoms with Crippen LogP contribution in [0.15, 0.2) is 36.5 Å². The summed E-state index contributed by atoms with van der Waals surface area (Å²) in [5.74, 6) is 0.438. The Bertz CT molecular complexity index is 1240. The average molecular weight is 527 g/mol. The number of morpholine rings is 1. The van der Waals surface area contributed by atoms with E-state index >= 15 is 0 Å². The third-order valence-corrected chi connectivity index (χ3v) is 6.51. The van der Waals surface area contributed by atoms with Gasteiger partial charge < -0.3 is 34.5 Å². The molecule has 3 aromatic rings. The van der Waals surface area contributed by atoms with Gasteiger partial charge in [0.05, 0.1) is 48.9 Å². The lowest BCUT2D eigenvalue weighted by molar-refractivity contribution is -0.235. The van der Waals surface area contributed by atoms with Crippen LogP contribution in [0.25, 0.3) is 22.6 Å². The fourth-order valence-corrected chi connectivity index (χ4v) is 4.41. The lowest BCUT2D eigenvalue weighted by atomic mass is 9.90. The number of benzene rings is 1. The molecule has 2 aromatic heterocycles. The Hall–Kier alpha value is -3.45. The molecule has 2 aliphatic rings. The molecular formula is C26H31FN6O5. The number of ether oxygens (including phenoxy) is 3. The molecule has 202 valence electrons. The summed E-state index contributed by atoms with van der Waals surface area (Å²) in [6, 6.07) is 7.75. The van der Waals surface area contributed by atoms with Crippen LogP contribution in [0.4, 0.5) is 10.3 Å². The van der Waals surface area contributed by atoms with E-state index in [-0.39, 0.29) is 31.5 Å². The van der Waals surface area contributed by atoms with Gasteiger partial charge >= 0.3 is 0 Å². The van der Waals surface area contributed by atoms with Gasteiger partial charge in [-0.3, -0.25) is 4.79 Å². The zero-order chi connectivity index (χ0) is 26.5. The van der Waals surface area contributed by atoms with E-state index in [0.717, 1.165) is 0 Å². The molecule has 1 aromatic carbocycles. The van der Waals surface area contributed by atoms with E-state index in [1.807, 2.05) is 6.92 Å². The third kappa shape index (κ3) is 5.68. The summed E-state index contributed by atoms with van der Waals surface area (Å²) in [5.41, 5.74) is 1.56. The van der Waals surface area contributed by atoms with Gasteiger partial charge in [-0.15, -0.1) is 0 Å². The highest BCUT2D eigenvalue weighted by molar-refractivity contribution is 5.83. The molecule has 12 heteroatoms. The number of aromatic nitrogens is 4. The fourth-order valence-electron chi connectivity index (χ4n) is 4.41. The number of aliphatic hydroxyl groups excluding tert-OH is 1. The number of halogens is 1. The van der Waals surface area contributed by atoms with Crippen molar-refractivity contribution in [1.29, 1.82) is 0 Å². The van der Waals surface area contributed by atoms with Crippen molar-refractivity contribution in [2.45, 2.75) is 19.6 Å². The smallest absolute Gasteiger partial charge is 0.233 e. The Morgan fingerprint density at radius 2 is 1.92 bits per heavy atom. The van der Waals surface area contributed by atoms with E-state index in [1.54, 1.807) is 29.3 Å². The topological polar surface area (TPSA) is 135 Å². The second-order valence-corrected chi connectivity index (χ2v) is 9.54. The number of hydrogen-bond donors (Lipinski definition) is 3. The molecular weight excluding hydrogens is 495 g/mol. The number of hydrogen-bond acceptors (Lipinski definition) is 9. The average Bonchev–Trinajstić information content (AvgIpc) is 3.40. The molecule has 1 amide bonds. The predicted molar refractivity (Wildman–Crippen MR) is 135 cm³/mol. The van der Waals surface area contributed by atoms with Crippen LogP contribution in [0.2, 0.25) is 0 Å². The number of H-pyrrole nitrogens is 1. The molecule has 38 heavy (non-hydrogen) atoms. The number of nitrogens with one attached hydrogen (secondary N) is 2. The van der Waals surface area contributed by atoms with Crippen molar-refractivity contribution in [1.82, 2.24) is 24.8 Å². The standard InChI is InChI=1S/C26H31FN6O5/c1-26(24(35)33-10-13-36-14-11-33)15-37-23(38-16-26)22-31-20(17-3-5-18(27)6-4-17)21(32-22)19-7-9-29-25(30-19)28-8-2-12-34/h3-7,9,23,34H,2,8,10-16H2,1H3,(H,31,32)(H,28,29,30). The van der Waals surface area contributed by atoms with Crippen LogP contribution in [-0.2, 0) is 19.0 Å². The van der Waals surface area contributed by atoms with Gasteiger partial charge in [-0.25, -0.2) is 19.3 Å². The monoisotopic (exact) mass is 526 g/mol. The summed E-state index contributed by atoms with van der Waals surface area (Å²) in [7, 11) is 0. The molecule has 3 N–H and O–H groups in total. The van der Waals surface area contributed by atoms with Crippen LogP contribution in [0, 0.1) is 11.2 Å². The molecule has 2 saturated heterocycles. The molecule has 0 unspecified atom stereocenters. The minimum absolute atomic E-state index is 0.0198. The second kappa shape index (κ2) is 11.5. The summed E-state index contributed by atoms with van der Waals surface area (Å²) < 4.78 is 31.0. The largest absolute Gasteiger partial charge is 0.396 e. The molecule has 2 aliphatic heterocycles. The van der Waals surface area contributed by atoms with Crippen LogP contribution in [0.5, 0.6) is 0 Å². The summed E-state index contributed by atoms with van der Waals surface area (Å²) in [4.78, 5) is 31.7. The predicted octanol–water partition coefficient (Wildman–Crippen LogP) is 2.38. The minimum Gasteiger partial charge on any atom is -0.396 e. The molecule has 11 nitrogen and oxygen atoms in total. The van der Waals surface area contributed by atoms with Gasteiger partial charge in [-0.1, -0.05) is 0 Å². The van der Waals surface area contributed by atoms with Gasteiger partial charge in [-0.05, 0) is 43.7 Å². The number of carbonyl (C=O) groups excluding carboxylic acids is 1. The highest BCUT2D eigenvalue weighted by Crippen LogP contribution is 2.36. The summed E-state index contributed by atoms with van der Waals surface area (Å²) in [6.07, 6.45) is 1.36. The van der Waals surface area contributed by atoms with Gasteiger partial charge in [0.15, 0.2) is 5.82 Å². The van der Waals surface area contributed by atoms with Crippen molar-refractivity contribution in [2.24, 2.45) is 5.41 Å². The number of anilines is 1. The van der Waals surface area contributed by atoms with Crippen LogP contribution in [-0.4, -0.2) is 88.5 Å². The summed E-state index contributed by atoms with van der Waals surface area (Å²) in [5, 5.41) is 12.1. The van der Waals surface area contributed by atoms with E-state index in [4.69, 9.17) is 24.3 Å². The van der Waals surface area contributed by atoms with E-state index in [9.17, 15) is 9.18 Å². The molecule has 4 heterocycles. The Labute approximate surface area is 219 Å². The van der Waals surface area contributed by atoms with Crippen LogP contribution < -0.4 is 5.32 Å². The first-order chi connectivity index (χ1) is 18.5. The maximum absolute atomic E-state index is 13.6. The first-order valence-electron chi connectivity index (χ1n) is 12.6. The zero-order valence-corrected chi connectivity index (χ0v) is 21.2. The number of nitrogens with zero attached hydrogens (tertiary/aromatic N) is 4. The number of carbonyl (C=O) groups is 1. The van der Waals surface area contributed by atoms with Crippen LogP contribution in [0.1, 0.15) is 25.5 Å². The fraction of sp³-hybridized carbons (Fsp3) is 0.462. The maximum Gasteiger partial charge on any atom is 0.233 e. The third-order valence-electron chi connectivity index (χ3n) is 6.51. The number of aromatic amines is 1. The molecule has 0 atom stereocenters. The first-order valence-corrected chi connectivity index (χ1v) is 12.6. The lowest BCUT2D eigenvalue weighted by Gasteiger charge is -2.39. The Kier molecular flexibility index (Phi) is 7.93. The number of aliphatic hydroxyl groups is 1. The maximum atomic E-state index is 13.6. The van der Waals surface area contributed by atoms with Crippen LogP contribution >= 0.6 is 0 Å². The van der Waals surface area contributed by atoms with Crippen molar-refractivity contribution < 1.29 is 28.5 Å². The van der Waals surface area contributed by atoms with Crippen molar-refractivity contribution in [2.75, 3.05) is 58.0 Å².